The number of nitrogens with one attached hydrogen (secondary N) is 1. The van der Waals surface area contributed by atoms with E-state index in [1.54, 1.807) is 4.57 Å². The molecule has 0 radical (unpaired) electrons. The minimum atomic E-state index is -0.228. The van der Waals surface area contributed by atoms with Crippen LogP contribution in [0.1, 0.15) is 22.6 Å². The van der Waals surface area contributed by atoms with Gasteiger partial charge in [0.15, 0.2) is 0 Å². The molecule has 5 heteroatoms. The van der Waals surface area contributed by atoms with Crippen LogP contribution in [0.2, 0.25) is 0 Å². The quantitative estimate of drug-likeness (QED) is 0.542. The molecule has 2 heterocycles. The van der Waals surface area contributed by atoms with Gasteiger partial charge in [0.2, 0.25) is 0 Å². The first kappa shape index (κ1) is 19.2. The van der Waals surface area contributed by atoms with Crippen LogP contribution in [-0.2, 0) is 24.2 Å². The Kier molecular flexibility index (Phi) is 5.08. The zero-order valence-electron chi connectivity index (χ0n) is 17.1. The Balaban J connectivity index is 1.30. The third kappa shape index (κ3) is 3.99. The number of anilines is 1. The van der Waals surface area contributed by atoms with Gasteiger partial charge in [0.25, 0.3) is 0 Å². The van der Waals surface area contributed by atoms with Crippen molar-refractivity contribution in [1.82, 2.24) is 9.55 Å². The maximum absolute atomic E-state index is 12.6. The summed E-state index contributed by atoms with van der Waals surface area (Å²) in [6.45, 7) is 1.34. The molecule has 1 N–H and O–H groups in total. The van der Waals surface area contributed by atoms with E-state index in [4.69, 9.17) is 0 Å². The molecule has 0 amide bonds. The molecule has 4 aromatic rings. The highest BCUT2D eigenvalue weighted by Crippen LogP contribution is 2.28. The number of hydrogen-bond acceptors (Lipinski definition) is 4. The Morgan fingerprint density at radius 1 is 0.903 bits per heavy atom. The average Bonchev–Trinajstić information content (AvgIpc) is 2.80. The number of ketones is 1. The van der Waals surface area contributed by atoms with Gasteiger partial charge < -0.3 is 5.32 Å². The van der Waals surface area contributed by atoms with Gasteiger partial charge >= 0.3 is 5.69 Å². The second kappa shape index (κ2) is 8.19. The van der Waals surface area contributed by atoms with Crippen molar-refractivity contribution < 1.29 is 4.79 Å². The lowest BCUT2D eigenvalue weighted by molar-refractivity contribution is -0.117. The largest absolute Gasteiger partial charge is 0.370 e. The van der Waals surface area contributed by atoms with Gasteiger partial charge in [-0.3, -0.25) is 9.36 Å². The summed E-state index contributed by atoms with van der Waals surface area (Å²) in [7, 11) is 0. The lowest BCUT2D eigenvalue weighted by Gasteiger charge is -2.28. The third-order valence-corrected chi connectivity index (χ3v) is 5.89. The molecule has 1 atom stereocenters. The molecular formula is C26H23N3O2. The summed E-state index contributed by atoms with van der Waals surface area (Å²) < 4.78 is 1.73. The van der Waals surface area contributed by atoms with Gasteiger partial charge in [-0.25, -0.2) is 4.79 Å². The van der Waals surface area contributed by atoms with Crippen LogP contribution in [-0.4, -0.2) is 21.9 Å². The van der Waals surface area contributed by atoms with Crippen molar-refractivity contribution in [2.24, 2.45) is 0 Å². The highest BCUT2D eigenvalue weighted by Gasteiger charge is 2.23. The van der Waals surface area contributed by atoms with Crippen molar-refractivity contribution in [1.29, 1.82) is 0 Å². The fraction of sp³-hybridized carbons (Fsp3) is 0.192. The van der Waals surface area contributed by atoms with Crippen LogP contribution >= 0.6 is 0 Å². The molecular weight excluding hydrogens is 386 g/mol. The van der Waals surface area contributed by atoms with E-state index >= 15 is 0 Å². The zero-order chi connectivity index (χ0) is 21.2. The molecule has 154 valence electrons. The summed E-state index contributed by atoms with van der Waals surface area (Å²) in [6.07, 6.45) is 0.881. The number of aromatic nitrogens is 2. The van der Waals surface area contributed by atoms with Crippen LogP contribution in [0, 0.1) is 0 Å². The minimum Gasteiger partial charge on any atom is -0.370 e. The fourth-order valence-electron chi connectivity index (χ4n) is 4.29. The standard InChI is InChI=1S/C26H23N3O2/c30-22(14-18-6-2-1-3-7-18)15-19-10-12-20(13-11-19)21-16-27-25-23-8-4-5-9-24(23)28-26(31)29(25)17-21/h1-13,21,27H,14-17H2. The number of hydrogen-bond donors (Lipinski definition) is 1. The maximum atomic E-state index is 12.6. The topological polar surface area (TPSA) is 64.0 Å². The van der Waals surface area contributed by atoms with Crippen molar-refractivity contribution in [2.75, 3.05) is 11.9 Å². The second-order valence-corrected chi connectivity index (χ2v) is 8.07. The number of carbonyl (C=O) groups excluding carboxylic acids is 1. The molecule has 5 nitrogen and oxygen atoms in total. The molecule has 3 aromatic carbocycles. The Bertz CT molecular complexity index is 1290. The van der Waals surface area contributed by atoms with Crippen LogP contribution < -0.4 is 11.0 Å². The molecule has 1 aliphatic heterocycles. The number of para-hydroxylation sites is 1. The summed E-state index contributed by atoms with van der Waals surface area (Å²) in [5, 5.41) is 4.40. The molecule has 5 rings (SSSR count). The molecule has 1 aromatic heterocycles. The Labute approximate surface area is 180 Å². The van der Waals surface area contributed by atoms with Crippen LogP contribution in [0.15, 0.2) is 83.7 Å². The molecule has 0 fully saturated rings. The van der Waals surface area contributed by atoms with Crippen molar-refractivity contribution in [3.8, 4) is 0 Å². The maximum Gasteiger partial charge on any atom is 0.349 e. The summed E-state index contributed by atoms with van der Waals surface area (Å²) in [4.78, 5) is 29.2. The van der Waals surface area contributed by atoms with Crippen molar-refractivity contribution in [3.05, 3.63) is 106 Å². The summed E-state index contributed by atoms with van der Waals surface area (Å²) in [6, 6.07) is 25.7. The predicted molar refractivity (Wildman–Crippen MR) is 123 cm³/mol. The SMILES string of the molecule is O=C(Cc1ccccc1)Cc1ccc(C2CNc3c4ccccc4nc(=O)n3C2)cc1. The zero-order valence-corrected chi connectivity index (χ0v) is 17.1. The summed E-state index contributed by atoms with van der Waals surface area (Å²) >= 11 is 0. The molecule has 0 bridgehead atoms. The average molecular weight is 409 g/mol. The second-order valence-electron chi connectivity index (χ2n) is 8.07. The number of rotatable bonds is 5. The lowest BCUT2D eigenvalue weighted by Crippen LogP contribution is -2.35. The summed E-state index contributed by atoms with van der Waals surface area (Å²) in [5.74, 6) is 1.22. The van der Waals surface area contributed by atoms with Gasteiger partial charge in [-0.1, -0.05) is 66.7 Å². The van der Waals surface area contributed by atoms with E-state index in [0.717, 1.165) is 34.4 Å². The van der Waals surface area contributed by atoms with E-state index in [-0.39, 0.29) is 17.4 Å². The van der Waals surface area contributed by atoms with E-state index in [1.165, 1.54) is 0 Å². The first-order valence-electron chi connectivity index (χ1n) is 10.6. The van der Waals surface area contributed by atoms with Gasteiger partial charge in [0.05, 0.1) is 5.52 Å². The number of nitrogens with zero attached hydrogens (tertiary/aromatic N) is 2. The first-order chi connectivity index (χ1) is 15.2. The smallest absolute Gasteiger partial charge is 0.349 e. The first-order valence-corrected chi connectivity index (χ1v) is 10.6. The van der Waals surface area contributed by atoms with Gasteiger partial charge in [-0.05, 0) is 28.8 Å². The van der Waals surface area contributed by atoms with Crippen LogP contribution in [0.5, 0.6) is 0 Å². The normalized spacial score (nSPS) is 15.3. The Morgan fingerprint density at radius 3 is 2.35 bits per heavy atom. The third-order valence-electron chi connectivity index (χ3n) is 5.89. The van der Waals surface area contributed by atoms with E-state index < -0.39 is 0 Å². The number of Topliss-reactive ketones (excluding diaryl/α,β-unsaturated/α-hetero) is 1. The fourth-order valence-corrected chi connectivity index (χ4v) is 4.29. The van der Waals surface area contributed by atoms with Crippen LogP contribution in [0.4, 0.5) is 5.82 Å². The highest BCUT2D eigenvalue weighted by atomic mass is 16.1. The molecule has 1 unspecified atom stereocenters. The molecule has 0 saturated heterocycles. The molecule has 0 saturated carbocycles. The highest BCUT2D eigenvalue weighted by molar-refractivity contribution is 5.89. The Morgan fingerprint density at radius 2 is 1.58 bits per heavy atom. The number of fused-ring (bicyclic) bond motifs is 3. The van der Waals surface area contributed by atoms with E-state index in [1.807, 2.05) is 66.7 Å². The monoisotopic (exact) mass is 409 g/mol. The van der Waals surface area contributed by atoms with E-state index in [2.05, 4.69) is 22.4 Å². The predicted octanol–water partition coefficient (Wildman–Crippen LogP) is 3.96. The molecule has 0 spiro atoms. The lowest BCUT2D eigenvalue weighted by atomic mass is 9.94. The minimum absolute atomic E-state index is 0.169. The van der Waals surface area contributed by atoms with Crippen molar-refractivity contribution in [2.45, 2.75) is 25.3 Å². The van der Waals surface area contributed by atoms with Crippen LogP contribution in [0.25, 0.3) is 10.9 Å². The molecule has 31 heavy (non-hydrogen) atoms. The van der Waals surface area contributed by atoms with Gasteiger partial charge in [-0.15, -0.1) is 0 Å². The van der Waals surface area contributed by atoms with Crippen molar-refractivity contribution >= 4 is 22.5 Å². The van der Waals surface area contributed by atoms with Gasteiger partial charge in [0, 0.05) is 37.2 Å². The van der Waals surface area contributed by atoms with Crippen molar-refractivity contribution in [3.63, 3.8) is 0 Å². The van der Waals surface area contributed by atoms with E-state index in [9.17, 15) is 9.59 Å². The van der Waals surface area contributed by atoms with Gasteiger partial charge in [0.1, 0.15) is 11.6 Å². The summed E-state index contributed by atoms with van der Waals surface area (Å²) in [5.41, 5.74) is 3.70. The molecule has 1 aliphatic rings. The number of benzene rings is 3. The number of carbonyl (C=O) groups is 1. The van der Waals surface area contributed by atoms with E-state index in [0.29, 0.717) is 24.9 Å². The van der Waals surface area contributed by atoms with Gasteiger partial charge in [-0.2, -0.15) is 4.98 Å². The van der Waals surface area contributed by atoms with Crippen LogP contribution in [0.3, 0.4) is 0 Å². The Hall–Kier alpha value is -3.73. The molecule has 0 aliphatic carbocycles.